The van der Waals surface area contributed by atoms with Crippen LogP contribution < -0.4 is 5.43 Å². The zero-order valence-corrected chi connectivity index (χ0v) is 12.8. The molecule has 120 valence electrons. The molecule has 0 bridgehead atoms. The van der Waals surface area contributed by atoms with E-state index in [9.17, 15) is 15.0 Å². The first-order chi connectivity index (χ1) is 11.7. The summed E-state index contributed by atoms with van der Waals surface area (Å²) >= 11 is 0. The van der Waals surface area contributed by atoms with E-state index in [-0.39, 0.29) is 5.75 Å². The number of nitrogens with zero attached hydrogens (tertiary/aromatic N) is 1. The second-order valence-corrected chi connectivity index (χ2v) is 5.27. The van der Waals surface area contributed by atoms with Gasteiger partial charge in [-0.3, -0.25) is 4.79 Å². The Hall–Kier alpha value is -3.18. The van der Waals surface area contributed by atoms with E-state index in [1.54, 1.807) is 42.5 Å². The third-order valence-corrected chi connectivity index (χ3v) is 3.67. The van der Waals surface area contributed by atoms with Crippen LogP contribution >= 0.6 is 0 Å². The molecule has 3 aromatic carbocycles. The first-order valence-corrected chi connectivity index (χ1v) is 7.43. The van der Waals surface area contributed by atoms with Crippen LogP contribution in [0.4, 0.5) is 0 Å². The van der Waals surface area contributed by atoms with Crippen molar-refractivity contribution >= 4 is 22.9 Å². The molecule has 0 aliphatic rings. The van der Waals surface area contributed by atoms with Gasteiger partial charge in [-0.2, -0.15) is 5.10 Å². The molecule has 3 aromatic rings. The topological polar surface area (TPSA) is 81.9 Å². The SMILES string of the molecule is O=C(NN=Cc1ccc2ccccc2c1O)[C@H](O)c1ccccc1. The molecule has 0 aliphatic heterocycles. The van der Waals surface area contributed by atoms with Crippen molar-refractivity contribution in [3.05, 3.63) is 77.9 Å². The number of nitrogens with one attached hydrogen (secondary N) is 1. The molecule has 0 aliphatic carbocycles. The Morgan fingerprint density at radius 2 is 1.71 bits per heavy atom. The molecule has 0 saturated carbocycles. The first-order valence-electron chi connectivity index (χ1n) is 7.43. The van der Waals surface area contributed by atoms with E-state index < -0.39 is 12.0 Å². The van der Waals surface area contributed by atoms with Gasteiger partial charge in [0.2, 0.25) is 0 Å². The Labute approximate surface area is 138 Å². The Balaban J connectivity index is 1.72. The quantitative estimate of drug-likeness (QED) is 0.510. The first kappa shape index (κ1) is 15.7. The predicted molar refractivity (Wildman–Crippen MR) is 92.8 cm³/mol. The van der Waals surface area contributed by atoms with Gasteiger partial charge in [-0.25, -0.2) is 5.43 Å². The van der Waals surface area contributed by atoms with E-state index in [0.717, 1.165) is 5.39 Å². The van der Waals surface area contributed by atoms with Gasteiger partial charge in [0, 0.05) is 10.9 Å². The monoisotopic (exact) mass is 320 g/mol. The standard InChI is InChI=1S/C19H16N2O3/c22-17-15(11-10-13-6-4-5-9-16(13)17)12-20-21-19(24)18(23)14-7-2-1-3-8-14/h1-12,18,22-23H,(H,21,24)/t18-/m1/s1. The molecule has 0 unspecified atom stereocenters. The number of amides is 1. The molecule has 3 N–H and O–H groups in total. The molecule has 24 heavy (non-hydrogen) atoms. The normalized spacial score (nSPS) is 12.4. The molecule has 3 rings (SSSR count). The fraction of sp³-hybridized carbons (Fsp3) is 0.0526. The number of aromatic hydroxyl groups is 1. The van der Waals surface area contributed by atoms with Gasteiger partial charge in [-0.15, -0.1) is 0 Å². The summed E-state index contributed by atoms with van der Waals surface area (Å²) in [7, 11) is 0. The zero-order valence-electron chi connectivity index (χ0n) is 12.8. The summed E-state index contributed by atoms with van der Waals surface area (Å²) in [4.78, 5) is 11.9. The van der Waals surface area contributed by atoms with E-state index in [1.165, 1.54) is 6.21 Å². The van der Waals surface area contributed by atoms with Crippen molar-refractivity contribution in [2.45, 2.75) is 6.10 Å². The largest absolute Gasteiger partial charge is 0.507 e. The van der Waals surface area contributed by atoms with Gasteiger partial charge in [0.1, 0.15) is 5.75 Å². The van der Waals surface area contributed by atoms with Crippen molar-refractivity contribution in [2.75, 3.05) is 0 Å². The minimum atomic E-state index is -1.30. The van der Waals surface area contributed by atoms with Gasteiger partial charge in [0.15, 0.2) is 6.10 Å². The van der Waals surface area contributed by atoms with Crippen LogP contribution in [0.3, 0.4) is 0 Å². The number of hydrazone groups is 1. The van der Waals surface area contributed by atoms with Gasteiger partial charge in [0.05, 0.1) is 6.21 Å². The fourth-order valence-electron chi connectivity index (χ4n) is 2.39. The number of phenolic OH excluding ortho intramolecular Hbond substituents is 1. The van der Waals surface area contributed by atoms with Crippen molar-refractivity contribution in [1.82, 2.24) is 5.43 Å². The summed E-state index contributed by atoms with van der Waals surface area (Å²) in [6.45, 7) is 0. The second kappa shape index (κ2) is 6.93. The molecule has 5 heteroatoms. The molecule has 0 aromatic heterocycles. The molecule has 0 fully saturated rings. The van der Waals surface area contributed by atoms with E-state index in [0.29, 0.717) is 16.5 Å². The van der Waals surface area contributed by atoms with Crippen LogP contribution in [0.15, 0.2) is 71.8 Å². The Morgan fingerprint density at radius 1 is 1.00 bits per heavy atom. The number of aliphatic hydroxyl groups is 1. The van der Waals surface area contributed by atoms with Crippen LogP contribution in [0.5, 0.6) is 5.75 Å². The summed E-state index contributed by atoms with van der Waals surface area (Å²) < 4.78 is 0. The van der Waals surface area contributed by atoms with Crippen LogP contribution in [0, 0.1) is 0 Å². The lowest BCUT2D eigenvalue weighted by Gasteiger charge is -2.08. The minimum absolute atomic E-state index is 0.0923. The maximum Gasteiger partial charge on any atom is 0.273 e. The van der Waals surface area contributed by atoms with E-state index in [4.69, 9.17) is 0 Å². The lowest BCUT2D eigenvalue weighted by atomic mass is 10.1. The summed E-state index contributed by atoms with van der Waals surface area (Å²) in [5, 5.41) is 25.6. The minimum Gasteiger partial charge on any atom is -0.507 e. The zero-order chi connectivity index (χ0) is 16.9. The van der Waals surface area contributed by atoms with Gasteiger partial charge in [0.25, 0.3) is 5.91 Å². The summed E-state index contributed by atoms with van der Waals surface area (Å²) in [6.07, 6.45) is 0.0470. The number of phenols is 1. The number of rotatable bonds is 4. The molecule has 0 heterocycles. The maximum atomic E-state index is 11.9. The van der Waals surface area contributed by atoms with E-state index in [2.05, 4.69) is 10.5 Å². The highest BCUT2D eigenvalue weighted by Crippen LogP contribution is 2.27. The van der Waals surface area contributed by atoms with Crippen molar-refractivity contribution in [3.63, 3.8) is 0 Å². The highest BCUT2D eigenvalue weighted by molar-refractivity contribution is 5.97. The van der Waals surface area contributed by atoms with Crippen LogP contribution in [0.25, 0.3) is 10.8 Å². The third kappa shape index (κ3) is 3.26. The summed E-state index contributed by atoms with van der Waals surface area (Å²) in [5.41, 5.74) is 3.23. The van der Waals surface area contributed by atoms with Crippen molar-refractivity contribution < 1.29 is 15.0 Å². The lowest BCUT2D eigenvalue weighted by Crippen LogP contribution is -2.25. The highest BCUT2D eigenvalue weighted by atomic mass is 16.3. The number of carbonyl (C=O) groups is 1. The van der Waals surface area contributed by atoms with E-state index >= 15 is 0 Å². The molecule has 0 radical (unpaired) electrons. The van der Waals surface area contributed by atoms with Crippen LogP contribution in [0.1, 0.15) is 17.2 Å². The van der Waals surface area contributed by atoms with E-state index in [1.807, 2.05) is 24.3 Å². The van der Waals surface area contributed by atoms with Gasteiger partial charge < -0.3 is 10.2 Å². The Kier molecular flexibility index (Phi) is 4.54. The molecule has 0 saturated heterocycles. The molecule has 5 nitrogen and oxygen atoms in total. The maximum absolute atomic E-state index is 11.9. The van der Waals surface area contributed by atoms with Crippen molar-refractivity contribution in [2.24, 2.45) is 5.10 Å². The third-order valence-electron chi connectivity index (χ3n) is 3.67. The number of benzene rings is 3. The molecular formula is C19H16N2O3. The smallest absolute Gasteiger partial charge is 0.273 e. The summed E-state index contributed by atoms with van der Waals surface area (Å²) in [6, 6.07) is 19.6. The Morgan fingerprint density at radius 3 is 2.50 bits per heavy atom. The molecule has 0 spiro atoms. The fourth-order valence-corrected chi connectivity index (χ4v) is 2.39. The second-order valence-electron chi connectivity index (χ2n) is 5.27. The average molecular weight is 320 g/mol. The Bertz CT molecular complexity index is 892. The lowest BCUT2D eigenvalue weighted by molar-refractivity contribution is -0.129. The van der Waals surface area contributed by atoms with Gasteiger partial charge in [-0.1, -0.05) is 60.7 Å². The van der Waals surface area contributed by atoms with Crippen molar-refractivity contribution in [1.29, 1.82) is 0 Å². The molecule has 1 amide bonds. The number of carbonyl (C=O) groups excluding carboxylic acids is 1. The number of fused-ring (bicyclic) bond motifs is 1. The number of aliphatic hydroxyl groups excluding tert-OH is 1. The van der Waals surface area contributed by atoms with Crippen LogP contribution in [-0.2, 0) is 4.79 Å². The van der Waals surface area contributed by atoms with Gasteiger partial charge in [-0.05, 0) is 17.0 Å². The van der Waals surface area contributed by atoms with Crippen LogP contribution in [0.2, 0.25) is 0 Å². The average Bonchev–Trinajstić information content (AvgIpc) is 2.64. The summed E-state index contributed by atoms with van der Waals surface area (Å²) in [5.74, 6) is -0.549. The number of hydrogen-bond donors (Lipinski definition) is 3. The molecular weight excluding hydrogens is 304 g/mol. The number of hydrogen-bond acceptors (Lipinski definition) is 4. The van der Waals surface area contributed by atoms with Crippen molar-refractivity contribution in [3.8, 4) is 5.75 Å². The van der Waals surface area contributed by atoms with Crippen LogP contribution in [-0.4, -0.2) is 22.3 Å². The highest BCUT2D eigenvalue weighted by Gasteiger charge is 2.16. The predicted octanol–water partition coefficient (Wildman–Crippen LogP) is 2.73. The molecule has 1 atom stereocenters. The van der Waals surface area contributed by atoms with Gasteiger partial charge >= 0.3 is 0 Å².